The van der Waals surface area contributed by atoms with Gasteiger partial charge in [0.25, 0.3) is 0 Å². The smallest absolute Gasteiger partial charge is 0.235 e. The summed E-state index contributed by atoms with van der Waals surface area (Å²) in [5.74, 6) is 1.07. The fraction of sp³-hybridized carbons (Fsp3) is 0.929. The lowest BCUT2D eigenvalue weighted by molar-refractivity contribution is -0.130. The van der Waals surface area contributed by atoms with E-state index < -0.39 is 9.84 Å². The molecule has 118 valence electrons. The monoisotopic (exact) mass is 321 g/mol. The number of nitrogens with zero attached hydrogens (tertiary/aromatic N) is 1. The number of amides is 1. The number of hydrogen-bond acceptors (Lipinski definition) is 4. The fourth-order valence-electron chi connectivity index (χ4n) is 2.36. The largest absolute Gasteiger partial charge is 0.340 e. The fourth-order valence-corrected chi connectivity index (χ4v) is 4.32. The van der Waals surface area contributed by atoms with Crippen molar-refractivity contribution in [3.63, 3.8) is 0 Å². The quantitative estimate of drug-likeness (QED) is 0.675. The van der Waals surface area contributed by atoms with Crippen molar-refractivity contribution in [1.82, 2.24) is 4.90 Å². The molecule has 0 spiro atoms. The van der Waals surface area contributed by atoms with E-state index in [1.165, 1.54) is 6.42 Å². The van der Waals surface area contributed by atoms with Crippen molar-refractivity contribution < 1.29 is 13.2 Å². The van der Waals surface area contributed by atoms with Gasteiger partial charge < -0.3 is 4.90 Å². The van der Waals surface area contributed by atoms with Gasteiger partial charge in [-0.15, -0.1) is 0 Å². The van der Waals surface area contributed by atoms with Crippen LogP contribution in [-0.2, 0) is 14.6 Å². The van der Waals surface area contributed by atoms with Gasteiger partial charge in [-0.1, -0.05) is 33.1 Å². The zero-order valence-electron chi connectivity index (χ0n) is 12.8. The van der Waals surface area contributed by atoms with Crippen LogP contribution in [0.3, 0.4) is 0 Å². The predicted octanol–water partition coefficient (Wildman–Crippen LogP) is 2.19. The summed E-state index contributed by atoms with van der Waals surface area (Å²) in [6, 6.07) is 0. The zero-order valence-corrected chi connectivity index (χ0v) is 14.4. The van der Waals surface area contributed by atoms with E-state index in [4.69, 9.17) is 0 Å². The lowest BCUT2D eigenvalue weighted by atomic mass is 10.0. The summed E-state index contributed by atoms with van der Waals surface area (Å²) in [4.78, 5) is 14.1. The third-order valence-corrected chi connectivity index (χ3v) is 6.33. The van der Waals surface area contributed by atoms with Crippen LogP contribution in [0, 0.1) is 5.92 Å². The van der Waals surface area contributed by atoms with E-state index in [1.807, 2.05) is 6.26 Å². The number of carbonyl (C=O) groups excluding carboxylic acids is 1. The molecule has 1 atom stereocenters. The minimum absolute atomic E-state index is 0.0111. The third kappa shape index (κ3) is 6.04. The first-order valence-corrected chi connectivity index (χ1v) is 10.5. The Hall–Kier alpha value is -0.230. The summed E-state index contributed by atoms with van der Waals surface area (Å²) in [7, 11) is -2.91. The van der Waals surface area contributed by atoms with Gasteiger partial charge in [0.2, 0.25) is 5.91 Å². The molecule has 1 fully saturated rings. The second kappa shape index (κ2) is 8.27. The van der Waals surface area contributed by atoms with Crippen LogP contribution < -0.4 is 0 Å². The summed E-state index contributed by atoms with van der Waals surface area (Å²) in [5, 5.41) is -0.0111. The number of rotatable bonds is 7. The highest BCUT2D eigenvalue weighted by Gasteiger charge is 2.29. The Kier molecular flexibility index (Phi) is 7.37. The first-order valence-electron chi connectivity index (χ1n) is 7.37. The lowest BCUT2D eigenvalue weighted by Crippen LogP contribution is -2.47. The normalized spacial score (nSPS) is 20.1. The first kappa shape index (κ1) is 17.8. The second-order valence-corrected chi connectivity index (χ2v) is 9.22. The van der Waals surface area contributed by atoms with Crippen molar-refractivity contribution in [2.24, 2.45) is 5.92 Å². The van der Waals surface area contributed by atoms with Crippen LogP contribution in [0.4, 0.5) is 0 Å². The average Bonchev–Trinajstić information content (AvgIpc) is 2.38. The minimum Gasteiger partial charge on any atom is -0.340 e. The van der Waals surface area contributed by atoms with Gasteiger partial charge in [0.1, 0.15) is 0 Å². The summed E-state index contributed by atoms with van der Waals surface area (Å²) in [5.41, 5.74) is 0. The minimum atomic E-state index is -2.91. The van der Waals surface area contributed by atoms with Gasteiger partial charge in [-0.3, -0.25) is 4.79 Å². The molecule has 0 radical (unpaired) electrons. The van der Waals surface area contributed by atoms with E-state index in [1.54, 1.807) is 16.7 Å². The van der Waals surface area contributed by atoms with Crippen LogP contribution in [0.5, 0.6) is 0 Å². The molecule has 0 aliphatic carbocycles. The van der Waals surface area contributed by atoms with Crippen molar-refractivity contribution in [1.29, 1.82) is 0 Å². The molecular weight excluding hydrogens is 294 g/mol. The summed E-state index contributed by atoms with van der Waals surface area (Å²) < 4.78 is 22.8. The number of thioether (sulfide) groups is 1. The number of sulfone groups is 1. The zero-order chi connectivity index (χ0) is 15.2. The topological polar surface area (TPSA) is 54.5 Å². The van der Waals surface area contributed by atoms with E-state index in [-0.39, 0.29) is 22.7 Å². The molecule has 1 heterocycles. The van der Waals surface area contributed by atoms with Gasteiger partial charge in [-0.05, 0) is 18.6 Å². The highest BCUT2D eigenvalue weighted by atomic mass is 32.2. The van der Waals surface area contributed by atoms with Gasteiger partial charge >= 0.3 is 0 Å². The van der Waals surface area contributed by atoms with Crippen LogP contribution >= 0.6 is 11.8 Å². The third-order valence-electron chi connectivity index (χ3n) is 3.71. The lowest BCUT2D eigenvalue weighted by Gasteiger charge is -2.29. The van der Waals surface area contributed by atoms with Gasteiger partial charge in [0.05, 0.1) is 16.8 Å². The molecule has 20 heavy (non-hydrogen) atoms. The van der Waals surface area contributed by atoms with E-state index in [0.29, 0.717) is 19.0 Å². The Balaban J connectivity index is 2.39. The SMILES string of the molecule is CSC(CCCCC(C)C)C(=O)N1CCS(=O)(=O)CC1. The highest BCUT2D eigenvalue weighted by molar-refractivity contribution is 7.99. The molecule has 1 rings (SSSR count). The molecule has 6 heteroatoms. The van der Waals surface area contributed by atoms with Gasteiger partial charge in [0.15, 0.2) is 9.84 Å². The van der Waals surface area contributed by atoms with Crippen molar-refractivity contribution in [2.75, 3.05) is 30.9 Å². The first-order chi connectivity index (χ1) is 9.35. The van der Waals surface area contributed by atoms with Crippen molar-refractivity contribution in [3.05, 3.63) is 0 Å². The number of unbranched alkanes of at least 4 members (excludes halogenated alkanes) is 1. The molecule has 0 aromatic carbocycles. The Morgan fingerprint density at radius 1 is 1.15 bits per heavy atom. The van der Waals surface area contributed by atoms with E-state index in [0.717, 1.165) is 19.3 Å². The molecular formula is C14H27NO3S2. The van der Waals surface area contributed by atoms with Gasteiger partial charge in [-0.25, -0.2) is 8.42 Å². The molecule has 4 nitrogen and oxygen atoms in total. The molecule has 1 amide bonds. The van der Waals surface area contributed by atoms with Crippen LogP contribution in [-0.4, -0.2) is 55.3 Å². The molecule has 0 saturated carbocycles. The van der Waals surface area contributed by atoms with Crippen LogP contribution in [0.2, 0.25) is 0 Å². The van der Waals surface area contributed by atoms with E-state index >= 15 is 0 Å². The maximum Gasteiger partial charge on any atom is 0.235 e. The van der Waals surface area contributed by atoms with Crippen molar-refractivity contribution in [3.8, 4) is 0 Å². The molecule has 0 bridgehead atoms. The van der Waals surface area contributed by atoms with Crippen molar-refractivity contribution in [2.45, 2.75) is 44.8 Å². The Morgan fingerprint density at radius 2 is 1.70 bits per heavy atom. The van der Waals surface area contributed by atoms with Gasteiger partial charge in [-0.2, -0.15) is 11.8 Å². The van der Waals surface area contributed by atoms with Crippen molar-refractivity contribution >= 4 is 27.5 Å². The number of hydrogen-bond donors (Lipinski definition) is 0. The molecule has 0 N–H and O–H groups in total. The average molecular weight is 322 g/mol. The molecule has 0 aromatic rings. The van der Waals surface area contributed by atoms with E-state index in [2.05, 4.69) is 13.8 Å². The maximum absolute atomic E-state index is 12.4. The predicted molar refractivity (Wildman–Crippen MR) is 85.8 cm³/mol. The van der Waals surface area contributed by atoms with Gasteiger partial charge in [0, 0.05) is 13.1 Å². The van der Waals surface area contributed by atoms with Crippen LogP contribution in [0.25, 0.3) is 0 Å². The molecule has 1 aliphatic rings. The Bertz CT molecular complexity index is 393. The van der Waals surface area contributed by atoms with Crippen LogP contribution in [0.1, 0.15) is 39.5 Å². The number of carbonyl (C=O) groups is 1. The summed E-state index contributed by atoms with van der Waals surface area (Å²) >= 11 is 1.59. The molecule has 1 aliphatic heterocycles. The standard InChI is InChI=1S/C14H27NO3S2/c1-12(2)6-4-5-7-13(19-3)14(16)15-8-10-20(17,18)11-9-15/h12-13H,4-11H2,1-3H3. The Labute approximate surface area is 127 Å². The summed E-state index contributed by atoms with van der Waals surface area (Å²) in [6.45, 7) is 5.16. The summed E-state index contributed by atoms with van der Waals surface area (Å²) in [6.07, 6.45) is 6.30. The molecule has 1 saturated heterocycles. The van der Waals surface area contributed by atoms with Crippen LogP contribution in [0.15, 0.2) is 0 Å². The Morgan fingerprint density at radius 3 is 2.20 bits per heavy atom. The highest BCUT2D eigenvalue weighted by Crippen LogP contribution is 2.20. The van der Waals surface area contributed by atoms with E-state index in [9.17, 15) is 13.2 Å². The molecule has 1 unspecified atom stereocenters. The maximum atomic E-state index is 12.4. The molecule has 0 aromatic heterocycles. The second-order valence-electron chi connectivity index (χ2n) is 5.88.